The first-order valence-electron chi connectivity index (χ1n) is 4.84. The lowest BCUT2D eigenvalue weighted by molar-refractivity contribution is 0.564. The molecule has 0 aliphatic heterocycles. The average Bonchev–Trinajstić information content (AvgIpc) is 2.58. The normalized spacial score (nSPS) is 19.8. The fraction of sp³-hybridized carbons (Fsp3) is 0.333. The maximum absolute atomic E-state index is 3.72. The lowest BCUT2D eigenvalue weighted by Crippen LogP contribution is -2.18. The number of nitrogens with one attached hydrogen (secondary N) is 1. The molecule has 68 valence electrons. The first kappa shape index (κ1) is 8.52. The first-order valence-corrected chi connectivity index (χ1v) is 4.84. The van der Waals surface area contributed by atoms with Gasteiger partial charge in [-0.1, -0.05) is 30.3 Å². The van der Waals surface area contributed by atoms with Crippen LogP contribution in [-0.2, 0) is 6.42 Å². The molecule has 1 heteroatoms. The van der Waals surface area contributed by atoms with Crippen molar-refractivity contribution in [3.8, 4) is 0 Å². The van der Waals surface area contributed by atoms with Crippen LogP contribution in [0.3, 0.4) is 0 Å². The van der Waals surface area contributed by atoms with Crippen molar-refractivity contribution in [3.05, 3.63) is 48.0 Å². The van der Waals surface area contributed by atoms with E-state index in [1.165, 1.54) is 24.0 Å². The third-order valence-corrected chi connectivity index (χ3v) is 2.64. The van der Waals surface area contributed by atoms with Gasteiger partial charge < -0.3 is 5.32 Å². The Morgan fingerprint density at radius 2 is 2.31 bits per heavy atom. The quantitative estimate of drug-likeness (QED) is 0.692. The molecule has 1 atom stereocenters. The van der Waals surface area contributed by atoms with Crippen LogP contribution in [0.25, 0.3) is 0 Å². The number of hydrogen-bond donors (Lipinski definition) is 1. The molecule has 0 bridgehead atoms. The summed E-state index contributed by atoms with van der Waals surface area (Å²) in [5, 5.41) is 3.47. The molecule has 0 heterocycles. The third-order valence-electron chi connectivity index (χ3n) is 2.64. The third kappa shape index (κ3) is 1.65. The Morgan fingerprint density at radius 1 is 1.46 bits per heavy atom. The van der Waals surface area contributed by atoms with Crippen LogP contribution in [-0.4, -0.2) is 6.54 Å². The van der Waals surface area contributed by atoms with Crippen molar-refractivity contribution in [1.82, 2.24) is 5.32 Å². The number of aryl methyl sites for hydroxylation is 1. The fourth-order valence-corrected chi connectivity index (χ4v) is 1.99. The Balaban J connectivity index is 2.13. The predicted molar refractivity (Wildman–Crippen MR) is 55.7 cm³/mol. The van der Waals surface area contributed by atoms with Crippen molar-refractivity contribution in [2.24, 2.45) is 0 Å². The van der Waals surface area contributed by atoms with Crippen LogP contribution in [0, 0.1) is 0 Å². The fourth-order valence-electron chi connectivity index (χ4n) is 1.99. The van der Waals surface area contributed by atoms with Crippen molar-refractivity contribution < 1.29 is 0 Å². The number of rotatable bonds is 3. The van der Waals surface area contributed by atoms with E-state index in [-0.39, 0.29) is 0 Å². The maximum Gasteiger partial charge on any atom is 0.0328 e. The minimum Gasteiger partial charge on any atom is -0.306 e. The molecule has 0 aromatic heterocycles. The molecule has 1 N–H and O–H groups in total. The molecule has 0 amide bonds. The van der Waals surface area contributed by atoms with Gasteiger partial charge in [0.25, 0.3) is 0 Å². The molecule has 0 spiro atoms. The van der Waals surface area contributed by atoms with Crippen LogP contribution in [0.15, 0.2) is 36.9 Å². The second-order valence-electron chi connectivity index (χ2n) is 3.49. The molecule has 0 saturated carbocycles. The molecule has 1 nitrogen and oxygen atoms in total. The summed E-state index contributed by atoms with van der Waals surface area (Å²) in [6.45, 7) is 4.62. The summed E-state index contributed by atoms with van der Waals surface area (Å²) < 4.78 is 0. The molecular weight excluding hydrogens is 158 g/mol. The van der Waals surface area contributed by atoms with Gasteiger partial charge in [0.2, 0.25) is 0 Å². The van der Waals surface area contributed by atoms with Gasteiger partial charge in [-0.15, -0.1) is 6.58 Å². The summed E-state index contributed by atoms with van der Waals surface area (Å²) in [6.07, 6.45) is 4.36. The molecule has 1 aromatic rings. The number of fused-ring (bicyclic) bond motifs is 1. The minimum absolute atomic E-state index is 0.550. The van der Waals surface area contributed by atoms with E-state index in [0.29, 0.717) is 6.04 Å². The molecule has 2 rings (SSSR count). The second-order valence-corrected chi connectivity index (χ2v) is 3.49. The molecule has 1 aromatic carbocycles. The van der Waals surface area contributed by atoms with Gasteiger partial charge in [-0.3, -0.25) is 0 Å². The van der Waals surface area contributed by atoms with E-state index in [1.54, 1.807) is 0 Å². The van der Waals surface area contributed by atoms with Crippen LogP contribution in [0.4, 0.5) is 0 Å². The molecule has 0 saturated heterocycles. The van der Waals surface area contributed by atoms with E-state index >= 15 is 0 Å². The van der Waals surface area contributed by atoms with Gasteiger partial charge in [0, 0.05) is 12.6 Å². The molecule has 0 unspecified atom stereocenters. The van der Waals surface area contributed by atoms with Crippen molar-refractivity contribution in [1.29, 1.82) is 0 Å². The number of hydrogen-bond acceptors (Lipinski definition) is 1. The van der Waals surface area contributed by atoms with Crippen molar-refractivity contribution in [2.75, 3.05) is 6.54 Å². The highest BCUT2D eigenvalue weighted by Gasteiger charge is 2.20. The summed E-state index contributed by atoms with van der Waals surface area (Å²) in [7, 11) is 0. The van der Waals surface area contributed by atoms with E-state index in [2.05, 4.69) is 36.2 Å². The van der Waals surface area contributed by atoms with E-state index in [0.717, 1.165) is 6.54 Å². The maximum atomic E-state index is 3.72. The smallest absolute Gasteiger partial charge is 0.0328 e. The Bertz CT molecular complexity index is 304. The van der Waals surface area contributed by atoms with Gasteiger partial charge in [-0.05, 0) is 24.0 Å². The van der Waals surface area contributed by atoms with E-state index in [9.17, 15) is 0 Å². The summed E-state index contributed by atoms with van der Waals surface area (Å²) in [4.78, 5) is 0. The largest absolute Gasteiger partial charge is 0.306 e. The van der Waals surface area contributed by atoms with Crippen LogP contribution in [0.2, 0.25) is 0 Å². The SMILES string of the molecule is C=CCN[C@H]1CCc2ccccc21. The molecule has 1 aliphatic rings. The molecule has 13 heavy (non-hydrogen) atoms. The highest BCUT2D eigenvalue weighted by atomic mass is 14.9. The van der Waals surface area contributed by atoms with Crippen LogP contribution in [0.1, 0.15) is 23.6 Å². The van der Waals surface area contributed by atoms with Crippen LogP contribution >= 0.6 is 0 Å². The summed E-state index contributed by atoms with van der Waals surface area (Å²) in [5.41, 5.74) is 2.98. The van der Waals surface area contributed by atoms with Crippen LogP contribution in [0.5, 0.6) is 0 Å². The zero-order chi connectivity index (χ0) is 9.10. The Hall–Kier alpha value is -1.08. The topological polar surface area (TPSA) is 12.0 Å². The number of benzene rings is 1. The van der Waals surface area contributed by atoms with E-state index < -0.39 is 0 Å². The van der Waals surface area contributed by atoms with Crippen molar-refractivity contribution in [3.63, 3.8) is 0 Å². The van der Waals surface area contributed by atoms with Gasteiger partial charge in [0.05, 0.1) is 0 Å². The Labute approximate surface area is 79.5 Å². The van der Waals surface area contributed by atoms with Gasteiger partial charge >= 0.3 is 0 Å². The van der Waals surface area contributed by atoms with Crippen LogP contribution < -0.4 is 5.32 Å². The first-order chi connectivity index (χ1) is 6.42. The average molecular weight is 173 g/mol. The summed E-state index contributed by atoms with van der Waals surface area (Å²) >= 11 is 0. The Kier molecular flexibility index (Phi) is 2.46. The lowest BCUT2D eigenvalue weighted by atomic mass is 10.1. The molecule has 0 fully saturated rings. The minimum atomic E-state index is 0.550. The van der Waals surface area contributed by atoms with Gasteiger partial charge in [-0.25, -0.2) is 0 Å². The summed E-state index contributed by atoms with van der Waals surface area (Å²) in [6, 6.07) is 9.24. The molecule has 1 aliphatic carbocycles. The van der Waals surface area contributed by atoms with Gasteiger partial charge in [-0.2, -0.15) is 0 Å². The standard InChI is InChI=1S/C12H15N/c1-2-9-13-12-8-7-10-5-3-4-6-11(10)12/h2-6,12-13H,1,7-9H2/t12-/m0/s1. The second kappa shape index (κ2) is 3.75. The molecule has 0 radical (unpaired) electrons. The zero-order valence-corrected chi connectivity index (χ0v) is 7.79. The highest BCUT2D eigenvalue weighted by Crippen LogP contribution is 2.30. The molecular formula is C12H15N. The Morgan fingerprint density at radius 3 is 3.15 bits per heavy atom. The van der Waals surface area contributed by atoms with Gasteiger partial charge in [0.15, 0.2) is 0 Å². The van der Waals surface area contributed by atoms with Crippen molar-refractivity contribution in [2.45, 2.75) is 18.9 Å². The lowest BCUT2D eigenvalue weighted by Gasteiger charge is -2.11. The van der Waals surface area contributed by atoms with Crippen molar-refractivity contribution >= 4 is 0 Å². The monoisotopic (exact) mass is 173 g/mol. The summed E-state index contributed by atoms with van der Waals surface area (Å²) in [5.74, 6) is 0. The predicted octanol–water partition coefficient (Wildman–Crippen LogP) is 2.45. The van der Waals surface area contributed by atoms with Gasteiger partial charge in [0.1, 0.15) is 0 Å². The van der Waals surface area contributed by atoms with E-state index in [4.69, 9.17) is 0 Å². The highest BCUT2D eigenvalue weighted by molar-refractivity contribution is 5.34. The van der Waals surface area contributed by atoms with E-state index in [1.807, 2.05) is 6.08 Å². The zero-order valence-electron chi connectivity index (χ0n) is 7.79.